The number of esters is 1. The number of nitrogens with one attached hydrogen (secondary N) is 1. The molecule has 0 bridgehead atoms. The lowest BCUT2D eigenvalue weighted by molar-refractivity contribution is -0.148. The maximum Gasteiger partial charge on any atom is 0.348 e. The number of hydrogen-bond donors (Lipinski definition) is 1. The van der Waals surface area contributed by atoms with Crippen LogP contribution in [0.3, 0.4) is 0 Å². The number of hydrogen-bond acceptors (Lipinski definition) is 4. The summed E-state index contributed by atoms with van der Waals surface area (Å²) in [6, 6.07) is 5.62. The molecule has 5 heteroatoms. The first kappa shape index (κ1) is 10.3. The van der Waals surface area contributed by atoms with Crippen LogP contribution < -0.4 is 10.1 Å². The van der Waals surface area contributed by atoms with E-state index in [2.05, 4.69) is 26.0 Å². The fourth-order valence-corrected chi connectivity index (χ4v) is 1.74. The van der Waals surface area contributed by atoms with E-state index in [0.29, 0.717) is 12.3 Å². The molecule has 4 nitrogen and oxygen atoms in total. The van der Waals surface area contributed by atoms with Crippen LogP contribution in [0.4, 0.5) is 5.69 Å². The summed E-state index contributed by atoms with van der Waals surface area (Å²) in [5.41, 5.74) is 0.887. The van der Waals surface area contributed by atoms with Crippen LogP contribution in [0.5, 0.6) is 5.75 Å². The van der Waals surface area contributed by atoms with Crippen molar-refractivity contribution in [3.8, 4) is 5.75 Å². The first-order valence-electron chi connectivity index (χ1n) is 4.48. The van der Waals surface area contributed by atoms with E-state index in [9.17, 15) is 4.79 Å². The summed E-state index contributed by atoms with van der Waals surface area (Å²) in [4.78, 5) is 11.3. The summed E-state index contributed by atoms with van der Waals surface area (Å²) in [5, 5.41) is 3.11. The molecule has 1 heterocycles. The molecule has 0 amide bonds. The van der Waals surface area contributed by atoms with Crippen LogP contribution in [0.1, 0.15) is 0 Å². The zero-order chi connectivity index (χ0) is 10.8. The molecule has 0 saturated carbocycles. The van der Waals surface area contributed by atoms with Gasteiger partial charge in [0.25, 0.3) is 0 Å². The van der Waals surface area contributed by atoms with Gasteiger partial charge in [-0.15, -0.1) is 0 Å². The van der Waals surface area contributed by atoms with Crippen molar-refractivity contribution in [3.63, 3.8) is 0 Å². The van der Waals surface area contributed by atoms with Crippen molar-refractivity contribution in [1.82, 2.24) is 0 Å². The quantitative estimate of drug-likeness (QED) is 0.792. The third-order valence-electron chi connectivity index (χ3n) is 2.15. The molecule has 15 heavy (non-hydrogen) atoms. The van der Waals surface area contributed by atoms with Crippen LogP contribution in [0.25, 0.3) is 0 Å². The van der Waals surface area contributed by atoms with Gasteiger partial charge >= 0.3 is 5.97 Å². The van der Waals surface area contributed by atoms with Crippen LogP contribution >= 0.6 is 15.9 Å². The largest absolute Gasteiger partial charge is 0.475 e. The van der Waals surface area contributed by atoms with Crippen molar-refractivity contribution in [2.45, 2.75) is 6.10 Å². The Hall–Kier alpha value is -1.23. The van der Waals surface area contributed by atoms with Crippen molar-refractivity contribution >= 4 is 27.6 Å². The molecule has 0 aromatic heterocycles. The summed E-state index contributed by atoms with van der Waals surface area (Å²) in [5.74, 6) is 0.291. The molecular formula is C10H10BrNO3. The minimum Gasteiger partial charge on any atom is -0.475 e. The third-order valence-corrected chi connectivity index (χ3v) is 2.65. The Labute approximate surface area is 95.7 Å². The Morgan fingerprint density at radius 1 is 1.67 bits per heavy atom. The number of ether oxygens (including phenoxy) is 2. The van der Waals surface area contributed by atoms with Gasteiger partial charge in [-0.3, -0.25) is 0 Å². The summed E-state index contributed by atoms with van der Waals surface area (Å²) in [6.45, 7) is 0.432. The Morgan fingerprint density at radius 3 is 3.20 bits per heavy atom. The molecule has 1 atom stereocenters. The van der Waals surface area contributed by atoms with E-state index in [-0.39, 0.29) is 5.97 Å². The van der Waals surface area contributed by atoms with Gasteiger partial charge in [0.05, 0.1) is 19.3 Å². The van der Waals surface area contributed by atoms with Crippen LogP contribution in [0, 0.1) is 0 Å². The molecular weight excluding hydrogens is 262 g/mol. The van der Waals surface area contributed by atoms with E-state index in [1.165, 1.54) is 7.11 Å². The average Bonchev–Trinajstić information content (AvgIpc) is 2.27. The highest BCUT2D eigenvalue weighted by atomic mass is 79.9. The van der Waals surface area contributed by atoms with Gasteiger partial charge < -0.3 is 14.8 Å². The van der Waals surface area contributed by atoms with Gasteiger partial charge in [0.15, 0.2) is 0 Å². The molecule has 1 aromatic carbocycles. The van der Waals surface area contributed by atoms with Crippen molar-refractivity contribution in [1.29, 1.82) is 0 Å². The van der Waals surface area contributed by atoms with Gasteiger partial charge in [0.1, 0.15) is 5.75 Å². The maximum atomic E-state index is 11.3. The van der Waals surface area contributed by atoms with E-state index in [0.717, 1.165) is 10.2 Å². The third kappa shape index (κ3) is 2.07. The zero-order valence-corrected chi connectivity index (χ0v) is 9.71. The lowest BCUT2D eigenvalue weighted by atomic mass is 10.2. The Morgan fingerprint density at radius 2 is 2.47 bits per heavy atom. The zero-order valence-electron chi connectivity index (χ0n) is 8.12. The smallest absolute Gasteiger partial charge is 0.348 e. The van der Waals surface area contributed by atoms with Gasteiger partial charge in [-0.25, -0.2) is 4.79 Å². The standard InChI is InChI=1S/C10H10BrNO3/c1-14-10(13)9-5-12-7-3-2-6(11)4-8(7)15-9/h2-4,9,12H,5H2,1H3. The second kappa shape index (κ2) is 4.10. The lowest BCUT2D eigenvalue weighted by Gasteiger charge is -2.25. The van der Waals surface area contributed by atoms with E-state index in [1.807, 2.05) is 18.2 Å². The van der Waals surface area contributed by atoms with Crippen molar-refractivity contribution < 1.29 is 14.3 Å². The molecule has 1 aliphatic heterocycles. The second-order valence-corrected chi connectivity index (χ2v) is 4.07. The average molecular weight is 272 g/mol. The second-order valence-electron chi connectivity index (χ2n) is 3.15. The summed E-state index contributed by atoms with van der Waals surface area (Å²) < 4.78 is 11.0. The molecule has 0 saturated heterocycles. The Balaban J connectivity index is 2.22. The van der Waals surface area contributed by atoms with E-state index < -0.39 is 6.10 Å². The van der Waals surface area contributed by atoms with Crippen molar-refractivity contribution in [2.75, 3.05) is 19.0 Å². The van der Waals surface area contributed by atoms with Crippen LogP contribution in [-0.2, 0) is 9.53 Å². The van der Waals surface area contributed by atoms with Crippen LogP contribution in [-0.4, -0.2) is 25.7 Å². The highest BCUT2D eigenvalue weighted by Crippen LogP contribution is 2.31. The summed E-state index contributed by atoms with van der Waals surface area (Å²) in [6.07, 6.45) is -0.572. The van der Waals surface area contributed by atoms with Gasteiger partial charge in [0, 0.05) is 4.47 Å². The predicted molar refractivity (Wildman–Crippen MR) is 59.1 cm³/mol. The number of anilines is 1. The monoisotopic (exact) mass is 271 g/mol. The highest BCUT2D eigenvalue weighted by molar-refractivity contribution is 9.10. The first-order chi connectivity index (χ1) is 7.20. The summed E-state index contributed by atoms with van der Waals surface area (Å²) >= 11 is 3.34. The maximum absolute atomic E-state index is 11.3. The molecule has 0 radical (unpaired) electrons. The number of carbonyl (C=O) groups excluding carboxylic acids is 1. The molecule has 1 unspecified atom stereocenters. The van der Waals surface area contributed by atoms with Crippen molar-refractivity contribution in [2.24, 2.45) is 0 Å². The molecule has 1 N–H and O–H groups in total. The van der Waals surface area contributed by atoms with Crippen molar-refractivity contribution in [3.05, 3.63) is 22.7 Å². The van der Waals surface area contributed by atoms with Gasteiger partial charge in [0.2, 0.25) is 6.10 Å². The Kier molecular flexibility index (Phi) is 2.81. The van der Waals surface area contributed by atoms with Gasteiger partial charge in [-0.05, 0) is 18.2 Å². The van der Waals surface area contributed by atoms with E-state index >= 15 is 0 Å². The topological polar surface area (TPSA) is 47.6 Å². The fourth-order valence-electron chi connectivity index (χ4n) is 1.40. The molecule has 0 fully saturated rings. The van der Waals surface area contributed by atoms with Crippen LogP contribution in [0.15, 0.2) is 22.7 Å². The predicted octanol–water partition coefficient (Wildman–Crippen LogP) is 1.79. The molecule has 0 aliphatic carbocycles. The van der Waals surface area contributed by atoms with E-state index in [1.54, 1.807) is 0 Å². The normalized spacial score (nSPS) is 18.4. The minimum absolute atomic E-state index is 0.367. The van der Waals surface area contributed by atoms with Gasteiger partial charge in [-0.2, -0.15) is 0 Å². The summed E-state index contributed by atoms with van der Waals surface area (Å²) in [7, 11) is 1.35. The van der Waals surface area contributed by atoms with E-state index in [4.69, 9.17) is 4.74 Å². The first-order valence-corrected chi connectivity index (χ1v) is 5.28. The molecule has 80 valence electrons. The molecule has 2 rings (SSSR count). The lowest BCUT2D eigenvalue weighted by Crippen LogP contribution is -2.38. The number of benzene rings is 1. The number of rotatable bonds is 1. The fraction of sp³-hybridized carbons (Fsp3) is 0.300. The van der Waals surface area contributed by atoms with Gasteiger partial charge in [-0.1, -0.05) is 15.9 Å². The van der Waals surface area contributed by atoms with Crippen LogP contribution in [0.2, 0.25) is 0 Å². The number of methoxy groups -OCH3 is 1. The molecule has 1 aliphatic rings. The minimum atomic E-state index is -0.572. The molecule has 1 aromatic rings. The number of fused-ring (bicyclic) bond motifs is 1. The number of carbonyl (C=O) groups is 1. The SMILES string of the molecule is COC(=O)C1CNc2ccc(Br)cc2O1. The Bertz CT molecular complexity index is 394. The highest BCUT2D eigenvalue weighted by Gasteiger charge is 2.26. The molecule has 0 spiro atoms. The number of halogens is 1.